The molecular formula is C30H34FNO. The van der Waals surface area contributed by atoms with Gasteiger partial charge in [-0.1, -0.05) is 87.0 Å². The van der Waals surface area contributed by atoms with Crippen molar-refractivity contribution in [2.24, 2.45) is 0 Å². The summed E-state index contributed by atoms with van der Waals surface area (Å²) >= 11 is 0. The Balaban J connectivity index is 1.62. The number of nitrogens with zero attached hydrogens (tertiary/aromatic N) is 1. The number of carbonyl (C=O) groups excluding carboxylic acids is 1. The Morgan fingerprint density at radius 1 is 0.848 bits per heavy atom. The number of carbonyl (C=O) groups is 1. The SMILES string of the molecule is C=CC(=O)N(C)CCCc1ccc(-c2ccc(-c3ccc(CCCCC)cc3)cc2F)cc1. The number of benzene rings is 3. The molecule has 3 aromatic rings. The summed E-state index contributed by atoms with van der Waals surface area (Å²) in [6, 6.07) is 22.0. The van der Waals surface area contributed by atoms with E-state index in [1.54, 1.807) is 18.0 Å². The molecule has 3 heteroatoms. The molecule has 0 atom stereocenters. The molecule has 0 saturated carbocycles. The normalized spacial score (nSPS) is 10.8. The number of rotatable bonds is 11. The van der Waals surface area contributed by atoms with Gasteiger partial charge in [0.15, 0.2) is 0 Å². The predicted molar refractivity (Wildman–Crippen MR) is 137 cm³/mol. The van der Waals surface area contributed by atoms with Crippen molar-refractivity contribution in [3.63, 3.8) is 0 Å². The van der Waals surface area contributed by atoms with Crippen LogP contribution in [0.3, 0.4) is 0 Å². The van der Waals surface area contributed by atoms with Gasteiger partial charge in [0.05, 0.1) is 0 Å². The lowest BCUT2D eigenvalue weighted by atomic mass is 9.97. The molecule has 33 heavy (non-hydrogen) atoms. The molecule has 2 nitrogen and oxygen atoms in total. The molecule has 0 radical (unpaired) electrons. The Morgan fingerprint density at radius 3 is 2.00 bits per heavy atom. The summed E-state index contributed by atoms with van der Waals surface area (Å²) in [5.41, 5.74) is 5.92. The zero-order valence-electron chi connectivity index (χ0n) is 19.8. The third-order valence-electron chi connectivity index (χ3n) is 6.10. The van der Waals surface area contributed by atoms with Gasteiger partial charge in [-0.15, -0.1) is 0 Å². The number of likely N-dealkylation sites (N-methyl/N-ethyl adjacent to an activating group) is 1. The van der Waals surface area contributed by atoms with Gasteiger partial charge in [0, 0.05) is 19.2 Å². The lowest BCUT2D eigenvalue weighted by Crippen LogP contribution is -2.25. The topological polar surface area (TPSA) is 20.3 Å². The molecule has 0 N–H and O–H groups in total. The van der Waals surface area contributed by atoms with Crippen LogP contribution in [0.1, 0.15) is 43.7 Å². The summed E-state index contributed by atoms with van der Waals surface area (Å²) in [5.74, 6) is -0.274. The summed E-state index contributed by atoms with van der Waals surface area (Å²) < 4.78 is 15.0. The second-order valence-electron chi connectivity index (χ2n) is 8.61. The molecule has 0 aliphatic rings. The molecule has 0 unspecified atom stereocenters. The molecule has 0 bridgehead atoms. The Morgan fingerprint density at radius 2 is 1.42 bits per heavy atom. The van der Waals surface area contributed by atoms with Crippen LogP contribution in [0.25, 0.3) is 22.3 Å². The van der Waals surface area contributed by atoms with Crippen molar-refractivity contribution >= 4 is 5.91 Å². The molecule has 0 spiro atoms. The zero-order chi connectivity index (χ0) is 23.6. The van der Waals surface area contributed by atoms with Crippen LogP contribution in [-0.4, -0.2) is 24.4 Å². The van der Waals surface area contributed by atoms with Crippen molar-refractivity contribution in [2.45, 2.75) is 45.4 Å². The van der Waals surface area contributed by atoms with E-state index in [9.17, 15) is 9.18 Å². The fourth-order valence-electron chi connectivity index (χ4n) is 4.01. The van der Waals surface area contributed by atoms with Crippen molar-refractivity contribution in [1.82, 2.24) is 4.90 Å². The van der Waals surface area contributed by atoms with Crippen LogP contribution in [0.2, 0.25) is 0 Å². The van der Waals surface area contributed by atoms with E-state index in [2.05, 4.69) is 37.8 Å². The van der Waals surface area contributed by atoms with Gasteiger partial charge in [0.1, 0.15) is 5.82 Å². The predicted octanol–water partition coefficient (Wildman–Crippen LogP) is 7.47. The molecule has 0 heterocycles. The number of unbranched alkanes of at least 4 members (excludes halogenated alkanes) is 2. The summed E-state index contributed by atoms with van der Waals surface area (Å²) in [5, 5.41) is 0. The molecule has 0 aliphatic carbocycles. The first-order chi connectivity index (χ1) is 16.0. The first-order valence-electron chi connectivity index (χ1n) is 11.9. The van der Waals surface area contributed by atoms with Gasteiger partial charge in [-0.3, -0.25) is 4.79 Å². The van der Waals surface area contributed by atoms with Crippen molar-refractivity contribution in [1.29, 1.82) is 0 Å². The molecule has 0 saturated heterocycles. The van der Waals surface area contributed by atoms with Crippen LogP contribution in [0, 0.1) is 5.82 Å². The van der Waals surface area contributed by atoms with Crippen LogP contribution in [-0.2, 0) is 17.6 Å². The van der Waals surface area contributed by atoms with Gasteiger partial charge in [0.25, 0.3) is 0 Å². The van der Waals surface area contributed by atoms with E-state index in [4.69, 9.17) is 0 Å². The Labute approximate surface area is 197 Å². The van der Waals surface area contributed by atoms with Crippen LogP contribution in [0.5, 0.6) is 0 Å². The summed E-state index contributed by atoms with van der Waals surface area (Å²) in [6.45, 7) is 6.41. The van der Waals surface area contributed by atoms with E-state index in [0.717, 1.165) is 36.0 Å². The highest BCUT2D eigenvalue weighted by atomic mass is 19.1. The molecule has 1 amide bonds. The van der Waals surface area contributed by atoms with Gasteiger partial charge in [-0.2, -0.15) is 0 Å². The summed E-state index contributed by atoms with van der Waals surface area (Å²) in [7, 11) is 1.78. The van der Waals surface area contributed by atoms with E-state index < -0.39 is 0 Å². The first-order valence-corrected chi connectivity index (χ1v) is 11.9. The molecule has 172 valence electrons. The van der Waals surface area contributed by atoms with Crippen LogP contribution in [0.15, 0.2) is 79.4 Å². The fraction of sp³-hybridized carbons (Fsp3) is 0.300. The van der Waals surface area contributed by atoms with Gasteiger partial charge in [0.2, 0.25) is 5.91 Å². The largest absolute Gasteiger partial charge is 0.342 e. The van der Waals surface area contributed by atoms with Crippen molar-refractivity contribution < 1.29 is 9.18 Å². The Kier molecular flexibility index (Phi) is 9.00. The van der Waals surface area contributed by atoms with Crippen molar-refractivity contribution in [3.05, 3.63) is 96.3 Å². The number of halogens is 1. The highest BCUT2D eigenvalue weighted by molar-refractivity contribution is 5.86. The minimum atomic E-state index is -0.211. The lowest BCUT2D eigenvalue weighted by molar-refractivity contribution is -0.124. The van der Waals surface area contributed by atoms with Gasteiger partial charge in [-0.05, 0) is 65.6 Å². The zero-order valence-corrected chi connectivity index (χ0v) is 19.8. The Bertz CT molecular complexity index is 1050. The van der Waals surface area contributed by atoms with E-state index >= 15 is 0 Å². The van der Waals surface area contributed by atoms with Crippen molar-refractivity contribution in [3.8, 4) is 22.3 Å². The van der Waals surface area contributed by atoms with E-state index in [1.165, 1.54) is 36.5 Å². The molecular weight excluding hydrogens is 409 g/mol. The van der Waals surface area contributed by atoms with Gasteiger partial charge in [-0.25, -0.2) is 4.39 Å². The third kappa shape index (κ3) is 6.89. The second kappa shape index (κ2) is 12.2. The minimum absolute atomic E-state index is 0.0628. The average molecular weight is 444 g/mol. The maximum absolute atomic E-state index is 15.0. The second-order valence-corrected chi connectivity index (χ2v) is 8.61. The molecule has 3 aromatic carbocycles. The minimum Gasteiger partial charge on any atom is -0.342 e. The summed E-state index contributed by atoms with van der Waals surface area (Å²) in [4.78, 5) is 13.2. The van der Waals surface area contributed by atoms with Gasteiger partial charge >= 0.3 is 0 Å². The highest BCUT2D eigenvalue weighted by Gasteiger charge is 2.09. The van der Waals surface area contributed by atoms with E-state index in [-0.39, 0.29) is 11.7 Å². The highest BCUT2D eigenvalue weighted by Crippen LogP contribution is 2.29. The standard InChI is InChI=1S/C30H34FNO/c1-4-6-7-9-23-11-15-25(16-12-23)27-19-20-28(29(31)22-27)26-17-13-24(14-18-26)10-8-21-32(3)30(33)5-2/h5,11-20,22H,2,4,6-10,21H2,1,3H3. The maximum Gasteiger partial charge on any atom is 0.245 e. The smallest absolute Gasteiger partial charge is 0.245 e. The number of hydrogen-bond donors (Lipinski definition) is 0. The lowest BCUT2D eigenvalue weighted by Gasteiger charge is -2.14. The van der Waals surface area contributed by atoms with Crippen LogP contribution < -0.4 is 0 Å². The maximum atomic E-state index is 15.0. The quantitative estimate of drug-likeness (QED) is 0.222. The number of amides is 1. The number of aryl methyl sites for hydroxylation is 2. The van der Waals surface area contributed by atoms with Gasteiger partial charge < -0.3 is 4.90 Å². The molecule has 0 fully saturated rings. The van der Waals surface area contributed by atoms with E-state index in [0.29, 0.717) is 12.1 Å². The molecule has 0 aliphatic heterocycles. The van der Waals surface area contributed by atoms with E-state index in [1.807, 2.05) is 36.4 Å². The first kappa shape index (κ1) is 24.4. The summed E-state index contributed by atoms with van der Waals surface area (Å²) in [6.07, 6.45) is 7.86. The van der Waals surface area contributed by atoms with Crippen LogP contribution >= 0.6 is 0 Å². The fourth-order valence-corrected chi connectivity index (χ4v) is 4.01. The van der Waals surface area contributed by atoms with Crippen molar-refractivity contribution in [2.75, 3.05) is 13.6 Å². The van der Waals surface area contributed by atoms with Crippen LogP contribution in [0.4, 0.5) is 4.39 Å². The monoisotopic (exact) mass is 443 g/mol. The molecule has 0 aromatic heterocycles. The average Bonchev–Trinajstić information content (AvgIpc) is 2.84. The number of hydrogen-bond acceptors (Lipinski definition) is 1. The third-order valence-corrected chi connectivity index (χ3v) is 6.10. The Hall–Kier alpha value is -3.20. The molecule has 3 rings (SSSR count).